The zero-order chi connectivity index (χ0) is 21.4. The zero-order valence-corrected chi connectivity index (χ0v) is 17.4. The van der Waals surface area contributed by atoms with Crippen molar-refractivity contribution in [3.8, 4) is 0 Å². The first-order valence-corrected chi connectivity index (χ1v) is 11.4. The highest BCUT2D eigenvalue weighted by molar-refractivity contribution is 7.89. The Morgan fingerprint density at radius 1 is 1.30 bits per heavy atom. The van der Waals surface area contributed by atoms with Crippen LogP contribution in [0.3, 0.4) is 0 Å². The number of ether oxygens (including phenoxy) is 1. The number of pyridine rings is 1. The lowest BCUT2D eigenvalue weighted by atomic mass is 9.81. The SMILES string of the molecule is C[C@@H]1CN(S(=O)(=O)c2cccc(F)c2)CC[C@]12CC[C@@H](C(=O)Nc1cccnc1)O2. The molecule has 2 aliphatic heterocycles. The van der Waals surface area contributed by atoms with Gasteiger partial charge in [-0.2, -0.15) is 4.31 Å². The third-order valence-corrected chi connectivity index (χ3v) is 7.88. The first kappa shape index (κ1) is 20.9. The van der Waals surface area contributed by atoms with Gasteiger partial charge in [-0.3, -0.25) is 9.78 Å². The van der Waals surface area contributed by atoms with Gasteiger partial charge in [0.25, 0.3) is 5.91 Å². The van der Waals surface area contributed by atoms with Gasteiger partial charge in [0.05, 0.1) is 22.4 Å². The number of carbonyl (C=O) groups excluding carboxylic acids is 1. The minimum absolute atomic E-state index is 0.0493. The average Bonchev–Trinajstić information content (AvgIpc) is 3.16. The number of nitrogens with one attached hydrogen (secondary N) is 1. The molecule has 0 radical (unpaired) electrons. The van der Waals surface area contributed by atoms with E-state index < -0.39 is 27.5 Å². The minimum atomic E-state index is -3.78. The lowest BCUT2D eigenvalue weighted by molar-refractivity contribution is -0.140. The van der Waals surface area contributed by atoms with Crippen molar-refractivity contribution >= 4 is 21.6 Å². The molecule has 0 saturated carbocycles. The molecule has 3 heterocycles. The summed E-state index contributed by atoms with van der Waals surface area (Å²) in [6.07, 6.45) is 4.36. The molecule has 1 spiro atoms. The van der Waals surface area contributed by atoms with Gasteiger partial charge in [-0.15, -0.1) is 0 Å². The maximum atomic E-state index is 13.5. The Labute approximate surface area is 175 Å². The third-order valence-electron chi connectivity index (χ3n) is 6.02. The van der Waals surface area contributed by atoms with Crippen molar-refractivity contribution in [1.29, 1.82) is 0 Å². The number of aromatic nitrogens is 1. The molecule has 9 heteroatoms. The van der Waals surface area contributed by atoms with E-state index in [9.17, 15) is 17.6 Å². The molecule has 0 bridgehead atoms. The van der Waals surface area contributed by atoms with Gasteiger partial charge in [-0.1, -0.05) is 13.0 Å². The molecular weight excluding hydrogens is 409 g/mol. The van der Waals surface area contributed by atoms with E-state index >= 15 is 0 Å². The number of rotatable bonds is 4. The summed E-state index contributed by atoms with van der Waals surface area (Å²) in [4.78, 5) is 16.5. The van der Waals surface area contributed by atoms with Gasteiger partial charge in [0, 0.05) is 19.3 Å². The van der Waals surface area contributed by atoms with Crippen LogP contribution in [0.15, 0.2) is 53.7 Å². The predicted molar refractivity (Wildman–Crippen MR) is 109 cm³/mol. The van der Waals surface area contributed by atoms with Crippen LogP contribution in [-0.2, 0) is 19.6 Å². The topological polar surface area (TPSA) is 88.6 Å². The van der Waals surface area contributed by atoms with E-state index in [-0.39, 0.29) is 29.8 Å². The minimum Gasteiger partial charge on any atom is -0.362 e. The summed E-state index contributed by atoms with van der Waals surface area (Å²) in [6.45, 7) is 2.46. The van der Waals surface area contributed by atoms with Crippen LogP contribution >= 0.6 is 0 Å². The molecular formula is C21H24FN3O4S. The summed E-state index contributed by atoms with van der Waals surface area (Å²) in [5.74, 6) is -0.910. The Morgan fingerprint density at radius 2 is 2.13 bits per heavy atom. The van der Waals surface area contributed by atoms with Gasteiger partial charge in [-0.25, -0.2) is 12.8 Å². The van der Waals surface area contributed by atoms with Crippen LogP contribution in [0.25, 0.3) is 0 Å². The number of amides is 1. The number of benzene rings is 1. The first-order chi connectivity index (χ1) is 14.3. The number of carbonyl (C=O) groups is 1. The fourth-order valence-corrected chi connectivity index (χ4v) is 5.85. The first-order valence-electron chi connectivity index (χ1n) is 9.95. The summed E-state index contributed by atoms with van der Waals surface area (Å²) >= 11 is 0. The Morgan fingerprint density at radius 3 is 2.83 bits per heavy atom. The molecule has 2 saturated heterocycles. The predicted octanol–water partition coefficient (Wildman–Crippen LogP) is 2.81. The molecule has 0 unspecified atom stereocenters. The monoisotopic (exact) mass is 433 g/mol. The lowest BCUT2D eigenvalue weighted by Crippen LogP contribution is -2.52. The Kier molecular flexibility index (Phi) is 5.61. The van der Waals surface area contributed by atoms with E-state index in [2.05, 4.69) is 10.3 Å². The van der Waals surface area contributed by atoms with E-state index in [1.54, 1.807) is 24.5 Å². The number of anilines is 1. The molecule has 4 rings (SSSR count). The van der Waals surface area contributed by atoms with E-state index in [4.69, 9.17) is 4.74 Å². The van der Waals surface area contributed by atoms with Gasteiger partial charge in [0.2, 0.25) is 10.0 Å². The van der Waals surface area contributed by atoms with Crippen LogP contribution in [0, 0.1) is 11.7 Å². The third kappa shape index (κ3) is 3.97. The number of hydrogen-bond acceptors (Lipinski definition) is 5. The highest BCUT2D eigenvalue weighted by atomic mass is 32.2. The summed E-state index contributed by atoms with van der Waals surface area (Å²) in [7, 11) is -3.78. The second kappa shape index (κ2) is 8.05. The molecule has 1 amide bonds. The Hall–Kier alpha value is -2.36. The molecule has 0 aliphatic carbocycles. The normalized spacial score (nSPS) is 27.3. The standard InChI is InChI=1S/C21H24FN3O4S/c1-15-14-25(30(27,28)18-6-2-4-16(22)12-18)11-9-21(15)8-7-19(29-21)20(26)24-17-5-3-10-23-13-17/h2-6,10,12-13,15,19H,7-9,11,14H2,1H3,(H,24,26)/t15-,19+,21-/m1/s1. The van der Waals surface area contributed by atoms with Gasteiger partial charge < -0.3 is 10.1 Å². The number of hydrogen-bond donors (Lipinski definition) is 1. The maximum absolute atomic E-state index is 13.5. The van der Waals surface area contributed by atoms with Crippen molar-refractivity contribution in [2.75, 3.05) is 18.4 Å². The Bertz CT molecular complexity index is 1030. The molecule has 3 atom stereocenters. The quantitative estimate of drug-likeness (QED) is 0.801. The summed E-state index contributed by atoms with van der Waals surface area (Å²) in [6, 6.07) is 8.55. The van der Waals surface area contributed by atoms with Crippen LogP contribution in [0.2, 0.25) is 0 Å². The van der Waals surface area contributed by atoms with Gasteiger partial charge in [0.1, 0.15) is 11.9 Å². The fourth-order valence-electron chi connectivity index (χ4n) is 4.29. The van der Waals surface area contributed by atoms with Crippen LogP contribution in [0.4, 0.5) is 10.1 Å². The molecule has 160 valence electrons. The zero-order valence-electron chi connectivity index (χ0n) is 16.6. The van der Waals surface area contributed by atoms with Crippen molar-refractivity contribution in [2.45, 2.75) is 42.8 Å². The second-order valence-corrected chi connectivity index (χ2v) is 9.85. The highest BCUT2D eigenvalue weighted by Crippen LogP contribution is 2.43. The number of halogens is 1. The number of piperidine rings is 1. The summed E-state index contributed by atoms with van der Waals surface area (Å²) < 4.78 is 46.9. The molecule has 2 fully saturated rings. The van der Waals surface area contributed by atoms with Gasteiger partial charge >= 0.3 is 0 Å². The molecule has 2 aliphatic rings. The molecule has 1 N–H and O–H groups in total. The van der Waals surface area contributed by atoms with E-state index in [1.807, 2.05) is 6.92 Å². The van der Waals surface area contributed by atoms with Crippen LogP contribution in [0.1, 0.15) is 26.2 Å². The molecule has 1 aromatic heterocycles. The Balaban J connectivity index is 1.42. The molecule has 7 nitrogen and oxygen atoms in total. The summed E-state index contributed by atoms with van der Waals surface area (Å²) in [5.41, 5.74) is 0.0707. The van der Waals surface area contributed by atoms with Crippen molar-refractivity contribution in [2.24, 2.45) is 5.92 Å². The number of sulfonamides is 1. The molecule has 1 aromatic carbocycles. The van der Waals surface area contributed by atoms with Crippen molar-refractivity contribution in [1.82, 2.24) is 9.29 Å². The van der Waals surface area contributed by atoms with E-state index in [0.717, 1.165) is 6.07 Å². The van der Waals surface area contributed by atoms with Crippen molar-refractivity contribution < 1.29 is 22.3 Å². The summed E-state index contributed by atoms with van der Waals surface area (Å²) in [5, 5.41) is 2.81. The van der Waals surface area contributed by atoms with Crippen LogP contribution < -0.4 is 5.32 Å². The highest BCUT2D eigenvalue weighted by Gasteiger charge is 2.50. The second-order valence-electron chi connectivity index (χ2n) is 7.91. The van der Waals surface area contributed by atoms with Crippen LogP contribution in [-0.4, -0.2) is 48.4 Å². The molecule has 30 heavy (non-hydrogen) atoms. The fraction of sp³-hybridized carbons (Fsp3) is 0.429. The van der Waals surface area contributed by atoms with Crippen molar-refractivity contribution in [3.05, 3.63) is 54.6 Å². The van der Waals surface area contributed by atoms with Crippen molar-refractivity contribution in [3.63, 3.8) is 0 Å². The van der Waals surface area contributed by atoms with E-state index in [1.165, 1.54) is 22.5 Å². The van der Waals surface area contributed by atoms with Gasteiger partial charge in [0.15, 0.2) is 0 Å². The lowest BCUT2D eigenvalue weighted by Gasteiger charge is -2.43. The van der Waals surface area contributed by atoms with E-state index in [0.29, 0.717) is 24.9 Å². The largest absolute Gasteiger partial charge is 0.362 e. The average molecular weight is 434 g/mol. The van der Waals surface area contributed by atoms with Crippen LogP contribution in [0.5, 0.6) is 0 Å². The maximum Gasteiger partial charge on any atom is 0.253 e. The molecule has 2 aromatic rings. The smallest absolute Gasteiger partial charge is 0.253 e. The van der Waals surface area contributed by atoms with Gasteiger partial charge in [-0.05, 0) is 55.5 Å². The number of nitrogens with zero attached hydrogens (tertiary/aromatic N) is 2.